The molecule has 0 aliphatic carbocycles. The van der Waals surface area contributed by atoms with Gasteiger partial charge >= 0.3 is 0 Å². The highest BCUT2D eigenvalue weighted by atomic mass is 19.1. The summed E-state index contributed by atoms with van der Waals surface area (Å²) < 4.78 is 13.4. The van der Waals surface area contributed by atoms with Crippen LogP contribution in [0.1, 0.15) is 26.3 Å². The van der Waals surface area contributed by atoms with E-state index >= 15 is 0 Å². The molecular formula is C11H18FN3. The standard InChI is InChI=1S/C11H18FN3/c1-7-5-9(13)10(6-8(7)12)15(14)11(2,3)4/h5-6H,13-14H2,1-4H3. The summed E-state index contributed by atoms with van der Waals surface area (Å²) in [6, 6.07) is 2.96. The molecule has 0 radical (unpaired) electrons. The first-order valence-electron chi connectivity index (χ1n) is 4.84. The van der Waals surface area contributed by atoms with Crippen LogP contribution in [0.15, 0.2) is 12.1 Å². The van der Waals surface area contributed by atoms with Crippen LogP contribution in [-0.2, 0) is 0 Å². The first-order valence-corrected chi connectivity index (χ1v) is 4.84. The summed E-state index contributed by atoms with van der Waals surface area (Å²) in [6.07, 6.45) is 0. The second kappa shape index (κ2) is 3.70. The zero-order valence-corrected chi connectivity index (χ0v) is 9.63. The molecule has 0 saturated carbocycles. The molecule has 0 bridgehead atoms. The first kappa shape index (κ1) is 11.8. The Labute approximate surface area is 89.8 Å². The van der Waals surface area contributed by atoms with E-state index in [0.29, 0.717) is 16.9 Å². The van der Waals surface area contributed by atoms with Crippen molar-refractivity contribution < 1.29 is 4.39 Å². The van der Waals surface area contributed by atoms with Gasteiger partial charge in [0.1, 0.15) is 5.82 Å². The summed E-state index contributed by atoms with van der Waals surface area (Å²) in [7, 11) is 0. The Kier molecular flexibility index (Phi) is 2.90. The van der Waals surface area contributed by atoms with Crippen molar-refractivity contribution in [2.24, 2.45) is 5.84 Å². The average molecular weight is 211 g/mol. The Morgan fingerprint density at radius 2 is 1.80 bits per heavy atom. The molecule has 0 fully saturated rings. The molecular weight excluding hydrogens is 193 g/mol. The second-order valence-corrected chi connectivity index (χ2v) is 4.70. The molecule has 0 spiro atoms. The summed E-state index contributed by atoms with van der Waals surface area (Å²) in [5, 5.41) is 1.48. The quantitative estimate of drug-likeness (QED) is 0.425. The lowest BCUT2D eigenvalue weighted by Gasteiger charge is -2.34. The zero-order chi connectivity index (χ0) is 11.8. The highest BCUT2D eigenvalue weighted by Gasteiger charge is 2.21. The Morgan fingerprint density at radius 1 is 1.27 bits per heavy atom. The number of benzene rings is 1. The van der Waals surface area contributed by atoms with Crippen LogP contribution in [0.2, 0.25) is 0 Å². The maximum atomic E-state index is 13.4. The molecule has 0 unspecified atom stereocenters. The fourth-order valence-electron chi connectivity index (χ4n) is 1.26. The maximum Gasteiger partial charge on any atom is 0.128 e. The fourth-order valence-corrected chi connectivity index (χ4v) is 1.26. The van der Waals surface area contributed by atoms with E-state index < -0.39 is 0 Å². The van der Waals surface area contributed by atoms with E-state index in [1.54, 1.807) is 13.0 Å². The van der Waals surface area contributed by atoms with Crippen LogP contribution < -0.4 is 16.6 Å². The summed E-state index contributed by atoms with van der Waals surface area (Å²) in [5.74, 6) is 5.59. The SMILES string of the molecule is Cc1cc(N)c(N(N)C(C)(C)C)cc1F. The number of anilines is 2. The molecule has 0 amide bonds. The number of hydrazine groups is 1. The van der Waals surface area contributed by atoms with Crippen LogP contribution >= 0.6 is 0 Å². The molecule has 4 N–H and O–H groups in total. The minimum absolute atomic E-state index is 0.293. The lowest BCUT2D eigenvalue weighted by atomic mass is 10.1. The molecule has 15 heavy (non-hydrogen) atoms. The van der Waals surface area contributed by atoms with Crippen molar-refractivity contribution >= 4 is 11.4 Å². The third-order valence-electron chi connectivity index (χ3n) is 2.29. The van der Waals surface area contributed by atoms with Crippen LogP contribution in [-0.4, -0.2) is 5.54 Å². The topological polar surface area (TPSA) is 55.3 Å². The van der Waals surface area contributed by atoms with Crippen molar-refractivity contribution in [3.8, 4) is 0 Å². The monoisotopic (exact) mass is 211 g/mol. The van der Waals surface area contributed by atoms with Crippen LogP contribution in [0.5, 0.6) is 0 Å². The third kappa shape index (κ3) is 2.39. The fraction of sp³-hybridized carbons (Fsp3) is 0.455. The summed E-state index contributed by atoms with van der Waals surface area (Å²) in [6.45, 7) is 7.48. The van der Waals surface area contributed by atoms with Crippen LogP contribution in [0.25, 0.3) is 0 Å². The lowest BCUT2D eigenvalue weighted by Crippen LogP contribution is -2.47. The van der Waals surface area contributed by atoms with Gasteiger partial charge in [0.25, 0.3) is 0 Å². The van der Waals surface area contributed by atoms with E-state index in [9.17, 15) is 4.39 Å². The summed E-state index contributed by atoms with van der Waals surface area (Å²) in [4.78, 5) is 0. The van der Waals surface area contributed by atoms with Gasteiger partial charge in [-0.25, -0.2) is 10.2 Å². The summed E-state index contributed by atoms with van der Waals surface area (Å²) in [5.41, 5.74) is 7.04. The van der Waals surface area contributed by atoms with Crippen LogP contribution in [0, 0.1) is 12.7 Å². The molecule has 0 aromatic heterocycles. The van der Waals surface area contributed by atoms with E-state index in [4.69, 9.17) is 11.6 Å². The average Bonchev–Trinajstić information content (AvgIpc) is 2.08. The number of nitrogens with zero attached hydrogens (tertiary/aromatic N) is 1. The molecule has 0 saturated heterocycles. The molecule has 1 rings (SSSR count). The van der Waals surface area contributed by atoms with Gasteiger partial charge in [-0.15, -0.1) is 0 Å². The van der Waals surface area contributed by atoms with Gasteiger partial charge in [0.15, 0.2) is 0 Å². The number of hydrogen-bond donors (Lipinski definition) is 2. The molecule has 0 aliphatic rings. The van der Waals surface area contributed by atoms with Crippen molar-refractivity contribution in [3.05, 3.63) is 23.5 Å². The number of halogens is 1. The van der Waals surface area contributed by atoms with Gasteiger partial charge in [-0.2, -0.15) is 0 Å². The highest BCUT2D eigenvalue weighted by molar-refractivity contribution is 5.68. The molecule has 0 atom stereocenters. The predicted molar refractivity (Wildman–Crippen MR) is 62.0 cm³/mol. The highest BCUT2D eigenvalue weighted by Crippen LogP contribution is 2.28. The van der Waals surface area contributed by atoms with Crippen molar-refractivity contribution in [2.75, 3.05) is 10.7 Å². The number of nitrogens with two attached hydrogens (primary N) is 2. The van der Waals surface area contributed by atoms with Gasteiger partial charge in [-0.3, -0.25) is 0 Å². The van der Waals surface area contributed by atoms with E-state index in [1.807, 2.05) is 20.8 Å². The van der Waals surface area contributed by atoms with Gasteiger partial charge in [-0.1, -0.05) is 0 Å². The van der Waals surface area contributed by atoms with Crippen LogP contribution in [0.4, 0.5) is 15.8 Å². The minimum atomic E-state index is -0.296. The molecule has 84 valence electrons. The second-order valence-electron chi connectivity index (χ2n) is 4.70. The minimum Gasteiger partial charge on any atom is -0.397 e. The Balaban J connectivity index is 3.21. The van der Waals surface area contributed by atoms with E-state index in [2.05, 4.69) is 0 Å². The van der Waals surface area contributed by atoms with Crippen molar-refractivity contribution in [1.29, 1.82) is 0 Å². The molecule has 1 aromatic carbocycles. The maximum absolute atomic E-state index is 13.4. The molecule has 3 nitrogen and oxygen atoms in total. The number of aryl methyl sites for hydroxylation is 1. The number of hydrogen-bond acceptors (Lipinski definition) is 3. The first-order chi connectivity index (χ1) is 6.73. The van der Waals surface area contributed by atoms with Crippen molar-refractivity contribution in [1.82, 2.24) is 0 Å². The molecule has 0 heterocycles. The number of nitrogen functional groups attached to an aromatic ring is 1. The van der Waals surface area contributed by atoms with Gasteiger partial charge in [0, 0.05) is 11.6 Å². The Bertz CT molecular complexity index is 369. The largest absolute Gasteiger partial charge is 0.397 e. The lowest BCUT2D eigenvalue weighted by molar-refractivity contribution is 0.512. The van der Waals surface area contributed by atoms with E-state index in [-0.39, 0.29) is 11.4 Å². The predicted octanol–water partition coefficient (Wildman–Crippen LogP) is 2.19. The molecule has 4 heteroatoms. The Hall–Kier alpha value is -1.29. The summed E-state index contributed by atoms with van der Waals surface area (Å²) >= 11 is 0. The van der Waals surface area contributed by atoms with E-state index in [1.165, 1.54) is 11.1 Å². The van der Waals surface area contributed by atoms with Crippen LogP contribution in [0.3, 0.4) is 0 Å². The van der Waals surface area contributed by atoms with Crippen molar-refractivity contribution in [2.45, 2.75) is 33.2 Å². The van der Waals surface area contributed by atoms with Gasteiger partial charge in [0.05, 0.1) is 11.4 Å². The van der Waals surface area contributed by atoms with Gasteiger partial charge in [-0.05, 0) is 39.3 Å². The normalized spacial score (nSPS) is 11.6. The van der Waals surface area contributed by atoms with E-state index in [0.717, 1.165) is 0 Å². The van der Waals surface area contributed by atoms with Gasteiger partial charge in [0.2, 0.25) is 0 Å². The third-order valence-corrected chi connectivity index (χ3v) is 2.29. The zero-order valence-electron chi connectivity index (χ0n) is 9.63. The Morgan fingerprint density at radius 3 is 2.27 bits per heavy atom. The smallest absolute Gasteiger partial charge is 0.128 e. The van der Waals surface area contributed by atoms with Gasteiger partial charge < -0.3 is 10.7 Å². The van der Waals surface area contributed by atoms with Crippen molar-refractivity contribution in [3.63, 3.8) is 0 Å². The molecule has 0 aliphatic heterocycles. The number of rotatable bonds is 1. The molecule has 1 aromatic rings.